The van der Waals surface area contributed by atoms with Crippen LogP contribution in [0.1, 0.15) is 15.9 Å². The van der Waals surface area contributed by atoms with Crippen molar-refractivity contribution in [3.63, 3.8) is 0 Å². The maximum atomic E-state index is 12.0. The van der Waals surface area contributed by atoms with Crippen molar-refractivity contribution in [1.82, 2.24) is 10.0 Å². The van der Waals surface area contributed by atoms with E-state index in [0.29, 0.717) is 5.06 Å². The Balaban J connectivity index is 2.13. The van der Waals surface area contributed by atoms with Crippen molar-refractivity contribution < 1.29 is 18.4 Å². The van der Waals surface area contributed by atoms with E-state index in [0.717, 1.165) is 11.8 Å². The molecule has 1 aromatic carbocycles. The third kappa shape index (κ3) is 3.87. The molecule has 0 fully saturated rings. The number of nitrogens with zero attached hydrogens (tertiary/aromatic N) is 2. The molecule has 0 spiro atoms. The molecule has 0 saturated carbocycles. The van der Waals surface area contributed by atoms with Crippen LogP contribution >= 0.6 is 0 Å². The molecule has 0 unspecified atom stereocenters. The van der Waals surface area contributed by atoms with E-state index in [4.69, 9.17) is 0 Å². The fourth-order valence-electron chi connectivity index (χ4n) is 1.73. The van der Waals surface area contributed by atoms with Crippen LogP contribution in [0.15, 0.2) is 53.7 Å². The van der Waals surface area contributed by atoms with E-state index < -0.39 is 15.7 Å². The Kier molecular flexibility index (Phi) is 4.35. The van der Waals surface area contributed by atoms with Crippen LogP contribution in [0.5, 0.6) is 0 Å². The number of amides is 1. The molecule has 0 radical (unpaired) electrons. The summed E-state index contributed by atoms with van der Waals surface area (Å²) in [4.78, 5) is 16.0. The predicted molar refractivity (Wildman–Crippen MR) is 75.4 cm³/mol. The van der Waals surface area contributed by atoms with Crippen molar-refractivity contribution in [3.05, 3.63) is 59.9 Å². The average Bonchev–Trinajstić information content (AvgIpc) is 2.46. The number of sulfone groups is 1. The number of rotatable bonds is 4. The molecule has 0 saturated heterocycles. The second-order valence-corrected chi connectivity index (χ2v) is 6.53. The zero-order valence-corrected chi connectivity index (χ0v) is 12.1. The molecule has 0 bridgehead atoms. The van der Waals surface area contributed by atoms with E-state index >= 15 is 0 Å². The molecule has 1 aromatic heterocycles. The van der Waals surface area contributed by atoms with Crippen molar-refractivity contribution in [3.8, 4) is 0 Å². The molecule has 2 aromatic rings. The number of carbonyl (C=O) groups excluding carboxylic acids is 1. The van der Waals surface area contributed by atoms with Gasteiger partial charge in [-0.2, -0.15) is 0 Å². The molecule has 2 rings (SSSR count). The van der Waals surface area contributed by atoms with Gasteiger partial charge in [0.05, 0.1) is 11.4 Å². The molecule has 7 heteroatoms. The van der Waals surface area contributed by atoms with Gasteiger partial charge in [0.15, 0.2) is 9.84 Å². The lowest BCUT2D eigenvalue weighted by molar-refractivity contribution is -0.0648. The third-order valence-electron chi connectivity index (χ3n) is 2.85. The van der Waals surface area contributed by atoms with Gasteiger partial charge in [-0.15, -0.1) is 0 Å². The first-order chi connectivity index (χ1) is 9.88. The number of benzene rings is 1. The molecule has 21 heavy (non-hydrogen) atoms. The van der Waals surface area contributed by atoms with Crippen LogP contribution in [0.25, 0.3) is 0 Å². The molecule has 0 aliphatic rings. The SMILES string of the molecule is CS(=O)(=O)c1ccc(C(=O)N(O)Cc2ccncc2)cc1. The number of hydrogen-bond acceptors (Lipinski definition) is 5. The Hall–Kier alpha value is -2.25. The number of pyridine rings is 1. The van der Waals surface area contributed by atoms with Gasteiger partial charge in [-0.3, -0.25) is 15.0 Å². The highest BCUT2D eigenvalue weighted by Gasteiger charge is 2.15. The zero-order chi connectivity index (χ0) is 15.5. The fourth-order valence-corrected chi connectivity index (χ4v) is 2.36. The highest BCUT2D eigenvalue weighted by Crippen LogP contribution is 2.12. The summed E-state index contributed by atoms with van der Waals surface area (Å²) in [5.74, 6) is -0.605. The monoisotopic (exact) mass is 306 g/mol. The summed E-state index contributed by atoms with van der Waals surface area (Å²) in [5, 5.41) is 10.4. The first-order valence-corrected chi connectivity index (χ1v) is 7.97. The lowest BCUT2D eigenvalue weighted by Gasteiger charge is -2.15. The largest absolute Gasteiger partial charge is 0.285 e. The number of hydrogen-bond donors (Lipinski definition) is 1. The van der Waals surface area contributed by atoms with Gasteiger partial charge < -0.3 is 0 Å². The molecule has 1 heterocycles. The molecule has 0 atom stereocenters. The normalized spacial score (nSPS) is 11.1. The molecule has 1 N–H and O–H groups in total. The smallest absolute Gasteiger partial charge is 0.277 e. The number of hydroxylamine groups is 2. The van der Waals surface area contributed by atoms with Crippen molar-refractivity contribution in [2.24, 2.45) is 0 Å². The number of carbonyl (C=O) groups is 1. The molecule has 1 amide bonds. The fraction of sp³-hybridized carbons (Fsp3) is 0.143. The van der Waals surface area contributed by atoms with Gasteiger partial charge in [0.25, 0.3) is 5.91 Å². The van der Waals surface area contributed by atoms with Crippen LogP contribution < -0.4 is 0 Å². The van der Waals surface area contributed by atoms with E-state index in [9.17, 15) is 18.4 Å². The van der Waals surface area contributed by atoms with Crippen LogP contribution in [-0.4, -0.2) is 35.8 Å². The highest BCUT2D eigenvalue weighted by atomic mass is 32.2. The minimum absolute atomic E-state index is 0.0230. The zero-order valence-electron chi connectivity index (χ0n) is 11.3. The quantitative estimate of drug-likeness (QED) is 0.683. The lowest BCUT2D eigenvalue weighted by Crippen LogP contribution is -2.26. The van der Waals surface area contributed by atoms with E-state index in [1.165, 1.54) is 24.3 Å². The molecule has 110 valence electrons. The first kappa shape index (κ1) is 15.1. The van der Waals surface area contributed by atoms with E-state index in [-0.39, 0.29) is 17.0 Å². The van der Waals surface area contributed by atoms with Crippen LogP contribution in [0.4, 0.5) is 0 Å². The highest BCUT2D eigenvalue weighted by molar-refractivity contribution is 7.90. The van der Waals surface area contributed by atoms with Crippen molar-refractivity contribution >= 4 is 15.7 Å². The third-order valence-corrected chi connectivity index (χ3v) is 3.97. The summed E-state index contributed by atoms with van der Waals surface area (Å²) < 4.78 is 22.7. The molecule has 6 nitrogen and oxygen atoms in total. The predicted octanol–water partition coefficient (Wildman–Crippen LogP) is 1.52. The number of aromatic nitrogens is 1. The molecule has 0 aliphatic carbocycles. The minimum Gasteiger partial charge on any atom is -0.285 e. The maximum Gasteiger partial charge on any atom is 0.277 e. The minimum atomic E-state index is -3.31. The lowest BCUT2D eigenvalue weighted by atomic mass is 10.2. The van der Waals surface area contributed by atoms with Crippen molar-refractivity contribution in [2.45, 2.75) is 11.4 Å². The summed E-state index contributed by atoms with van der Waals surface area (Å²) in [6.07, 6.45) is 4.22. The maximum absolute atomic E-state index is 12.0. The van der Waals surface area contributed by atoms with Gasteiger partial charge in [-0.1, -0.05) is 0 Å². The van der Waals surface area contributed by atoms with Gasteiger partial charge in [0.1, 0.15) is 0 Å². The second kappa shape index (κ2) is 6.02. The van der Waals surface area contributed by atoms with Gasteiger partial charge in [0.2, 0.25) is 0 Å². The van der Waals surface area contributed by atoms with Gasteiger partial charge in [-0.05, 0) is 42.0 Å². The Morgan fingerprint density at radius 1 is 1.14 bits per heavy atom. The van der Waals surface area contributed by atoms with Gasteiger partial charge in [-0.25, -0.2) is 13.5 Å². The van der Waals surface area contributed by atoms with Crippen LogP contribution in [0, 0.1) is 0 Å². The average molecular weight is 306 g/mol. The Bertz CT molecular complexity index is 727. The Morgan fingerprint density at radius 2 is 1.71 bits per heavy atom. The van der Waals surface area contributed by atoms with Gasteiger partial charge in [0, 0.05) is 24.2 Å². The standard InChI is InChI=1S/C14H14N2O4S/c1-21(19,20)13-4-2-12(3-5-13)14(17)16(18)10-11-6-8-15-9-7-11/h2-9,18H,10H2,1H3. The Labute approximate surface area is 122 Å². The second-order valence-electron chi connectivity index (χ2n) is 4.51. The first-order valence-electron chi connectivity index (χ1n) is 6.07. The van der Waals surface area contributed by atoms with E-state index in [2.05, 4.69) is 4.98 Å². The van der Waals surface area contributed by atoms with Crippen LogP contribution in [0.2, 0.25) is 0 Å². The van der Waals surface area contributed by atoms with Crippen LogP contribution in [0.3, 0.4) is 0 Å². The summed E-state index contributed by atoms with van der Waals surface area (Å²) in [6.45, 7) is 0.0230. The topological polar surface area (TPSA) is 87.6 Å². The summed E-state index contributed by atoms with van der Waals surface area (Å²) >= 11 is 0. The van der Waals surface area contributed by atoms with E-state index in [1.807, 2.05) is 0 Å². The van der Waals surface area contributed by atoms with Gasteiger partial charge >= 0.3 is 0 Å². The molecule has 0 aliphatic heterocycles. The van der Waals surface area contributed by atoms with Crippen LogP contribution in [-0.2, 0) is 16.4 Å². The van der Waals surface area contributed by atoms with Crippen molar-refractivity contribution in [2.75, 3.05) is 6.26 Å². The summed E-state index contributed by atoms with van der Waals surface area (Å²) in [6, 6.07) is 8.78. The molecular weight excluding hydrogens is 292 g/mol. The van der Waals surface area contributed by atoms with Crippen molar-refractivity contribution in [1.29, 1.82) is 0 Å². The molecular formula is C14H14N2O4S. The summed E-state index contributed by atoms with van der Waals surface area (Å²) in [7, 11) is -3.31. The Morgan fingerprint density at radius 3 is 2.24 bits per heavy atom. The van der Waals surface area contributed by atoms with E-state index in [1.54, 1.807) is 24.5 Å². The summed E-state index contributed by atoms with van der Waals surface area (Å²) in [5.41, 5.74) is 0.938.